The van der Waals surface area contributed by atoms with Crippen molar-refractivity contribution >= 4 is 17.7 Å². The Balaban J connectivity index is 1.77. The number of alkyl carbamates (subject to hydrolysis) is 1. The SMILES string of the molecule is CC(C)(C)OC(=O)NC1c2ccccc2CC1OC(=O)c1ccc([N+](=O)[O-])cc1. The van der Waals surface area contributed by atoms with Crippen LogP contribution in [-0.4, -0.2) is 28.7 Å². The number of non-ortho nitro benzene ring substituents is 1. The summed E-state index contributed by atoms with van der Waals surface area (Å²) in [5, 5.41) is 13.6. The maximum Gasteiger partial charge on any atom is 0.408 e. The van der Waals surface area contributed by atoms with Crippen molar-refractivity contribution in [3.05, 3.63) is 75.3 Å². The highest BCUT2D eigenvalue weighted by Crippen LogP contribution is 2.34. The summed E-state index contributed by atoms with van der Waals surface area (Å²) >= 11 is 0. The molecule has 3 rings (SSSR count). The first-order valence-corrected chi connectivity index (χ1v) is 9.17. The zero-order valence-electron chi connectivity index (χ0n) is 16.4. The van der Waals surface area contributed by atoms with Gasteiger partial charge in [0.1, 0.15) is 11.7 Å². The number of carbonyl (C=O) groups is 2. The van der Waals surface area contributed by atoms with E-state index < -0.39 is 34.7 Å². The molecule has 0 saturated carbocycles. The first kappa shape index (κ1) is 20.3. The molecule has 0 saturated heterocycles. The molecule has 0 aliphatic heterocycles. The van der Waals surface area contributed by atoms with E-state index in [1.165, 1.54) is 24.3 Å². The number of carbonyl (C=O) groups excluding carboxylic acids is 2. The molecule has 8 nitrogen and oxygen atoms in total. The lowest BCUT2D eigenvalue weighted by Gasteiger charge is -2.25. The number of nitro benzene ring substituents is 1. The van der Waals surface area contributed by atoms with Crippen LogP contribution in [0.15, 0.2) is 48.5 Å². The van der Waals surface area contributed by atoms with Gasteiger partial charge in [-0.1, -0.05) is 24.3 Å². The topological polar surface area (TPSA) is 108 Å². The molecule has 0 radical (unpaired) electrons. The van der Waals surface area contributed by atoms with E-state index in [1.807, 2.05) is 24.3 Å². The third kappa shape index (κ3) is 4.90. The molecule has 2 aromatic rings. The van der Waals surface area contributed by atoms with E-state index in [-0.39, 0.29) is 11.3 Å². The molecule has 0 aromatic heterocycles. The Morgan fingerprint density at radius 1 is 1.10 bits per heavy atom. The number of nitrogens with zero attached hydrogens (tertiary/aromatic N) is 1. The van der Waals surface area contributed by atoms with Crippen LogP contribution in [0.4, 0.5) is 10.5 Å². The number of benzene rings is 2. The van der Waals surface area contributed by atoms with Gasteiger partial charge in [0.15, 0.2) is 0 Å². The third-order valence-electron chi connectivity index (χ3n) is 4.43. The maximum atomic E-state index is 12.6. The van der Waals surface area contributed by atoms with Gasteiger partial charge in [0.05, 0.1) is 16.5 Å². The van der Waals surface area contributed by atoms with Crippen LogP contribution in [0, 0.1) is 10.1 Å². The second-order valence-corrected chi connectivity index (χ2v) is 7.77. The van der Waals surface area contributed by atoms with E-state index in [9.17, 15) is 19.7 Å². The monoisotopic (exact) mass is 398 g/mol. The average Bonchev–Trinajstić information content (AvgIpc) is 2.97. The van der Waals surface area contributed by atoms with Gasteiger partial charge in [0.2, 0.25) is 0 Å². The molecular weight excluding hydrogens is 376 g/mol. The van der Waals surface area contributed by atoms with Crippen molar-refractivity contribution < 1.29 is 24.0 Å². The Kier molecular flexibility index (Phi) is 5.54. The van der Waals surface area contributed by atoms with Gasteiger partial charge in [-0.3, -0.25) is 10.1 Å². The molecule has 1 N–H and O–H groups in total. The minimum atomic E-state index is -0.660. The number of esters is 1. The Morgan fingerprint density at radius 2 is 1.76 bits per heavy atom. The van der Waals surface area contributed by atoms with Crippen molar-refractivity contribution in [2.45, 2.75) is 44.9 Å². The molecular formula is C21H22N2O6. The lowest BCUT2D eigenvalue weighted by atomic mass is 10.1. The number of amides is 1. The minimum absolute atomic E-state index is 0.112. The molecule has 2 atom stereocenters. The highest BCUT2D eigenvalue weighted by molar-refractivity contribution is 5.90. The smallest absolute Gasteiger partial charge is 0.408 e. The van der Waals surface area contributed by atoms with E-state index in [4.69, 9.17) is 9.47 Å². The van der Waals surface area contributed by atoms with Gasteiger partial charge in [-0.05, 0) is 44.0 Å². The van der Waals surface area contributed by atoms with Crippen LogP contribution < -0.4 is 5.32 Å². The molecule has 8 heteroatoms. The first-order valence-electron chi connectivity index (χ1n) is 9.17. The zero-order chi connectivity index (χ0) is 21.2. The average molecular weight is 398 g/mol. The molecule has 0 spiro atoms. The number of hydrogen-bond acceptors (Lipinski definition) is 6. The van der Waals surface area contributed by atoms with Crippen molar-refractivity contribution in [3.8, 4) is 0 Å². The molecule has 0 heterocycles. The summed E-state index contributed by atoms with van der Waals surface area (Å²) in [6.07, 6.45) is -0.784. The van der Waals surface area contributed by atoms with Gasteiger partial charge in [-0.2, -0.15) is 0 Å². The Morgan fingerprint density at radius 3 is 2.38 bits per heavy atom. The number of nitrogens with one attached hydrogen (secondary N) is 1. The summed E-state index contributed by atoms with van der Waals surface area (Å²) in [5.41, 5.74) is 1.25. The summed E-state index contributed by atoms with van der Waals surface area (Å²) in [7, 11) is 0. The van der Waals surface area contributed by atoms with Crippen molar-refractivity contribution in [3.63, 3.8) is 0 Å². The van der Waals surface area contributed by atoms with Gasteiger partial charge in [-0.25, -0.2) is 9.59 Å². The van der Waals surface area contributed by atoms with Crippen LogP contribution >= 0.6 is 0 Å². The van der Waals surface area contributed by atoms with E-state index in [0.29, 0.717) is 6.42 Å². The number of hydrogen-bond donors (Lipinski definition) is 1. The second-order valence-electron chi connectivity index (χ2n) is 7.77. The number of fused-ring (bicyclic) bond motifs is 1. The molecule has 2 unspecified atom stereocenters. The lowest BCUT2D eigenvalue weighted by molar-refractivity contribution is -0.384. The normalized spacial score (nSPS) is 17.9. The Hall–Kier alpha value is -3.42. The predicted octanol–water partition coefficient (Wildman–Crippen LogP) is 3.94. The standard InChI is InChI=1S/C21H22N2O6/c1-21(2,3)29-20(25)22-18-16-7-5-4-6-14(16)12-17(18)28-19(24)13-8-10-15(11-9-13)23(26)27/h4-11,17-18H,12H2,1-3H3,(H,22,25). The van der Waals surface area contributed by atoms with Crippen molar-refractivity contribution in [2.24, 2.45) is 0 Å². The van der Waals surface area contributed by atoms with Gasteiger partial charge in [-0.15, -0.1) is 0 Å². The molecule has 1 aliphatic rings. The summed E-state index contributed by atoms with van der Waals surface area (Å²) < 4.78 is 11.0. The van der Waals surface area contributed by atoms with Crippen molar-refractivity contribution in [1.82, 2.24) is 5.32 Å². The molecule has 2 aromatic carbocycles. The lowest BCUT2D eigenvalue weighted by Crippen LogP contribution is -2.39. The number of rotatable bonds is 4. The largest absolute Gasteiger partial charge is 0.456 e. The quantitative estimate of drug-likeness (QED) is 0.475. The van der Waals surface area contributed by atoms with E-state index >= 15 is 0 Å². The number of ether oxygens (including phenoxy) is 2. The van der Waals surface area contributed by atoms with Crippen LogP contribution in [-0.2, 0) is 15.9 Å². The molecule has 1 amide bonds. The van der Waals surface area contributed by atoms with Crippen LogP contribution in [0.2, 0.25) is 0 Å². The van der Waals surface area contributed by atoms with Gasteiger partial charge >= 0.3 is 12.1 Å². The maximum absolute atomic E-state index is 12.6. The first-order chi connectivity index (χ1) is 13.6. The van der Waals surface area contributed by atoms with Gasteiger partial charge in [0.25, 0.3) is 5.69 Å². The van der Waals surface area contributed by atoms with Crippen molar-refractivity contribution in [1.29, 1.82) is 0 Å². The van der Waals surface area contributed by atoms with Gasteiger partial charge in [0, 0.05) is 18.6 Å². The summed E-state index contributed by atoms with van der Waals surface area (Å²) in [5.74, 6) is -0.617. The van der Waals surface area contributed by atoms with Crippen LogP contribution in [0.25, 0.3) is 0 Å². The van der Waals surface area contributed by atoms with E-state index in [1.54, 1.807) is 20.8 Å². The Bertz CT molecular complexity index is 933. The predicted molar refractivity (Wildman–Crippen MR) is 105 cm³/mol. The summed E-state index contributed by atoms with van der Waals surface area (Å²) in [4.78, 5) is 35.1. The fourth-order valence-corrected chi connectivity index (χ4v) is 3.20. The molecule has 0 fully saturated rings. The highest BCUT2D eigenvalue weighted by Gasteiger charge is 2.37. The fraction of sp³-hybridized carbons (Fsp3) is 0.333. The van der Waals surface area contributed by atoms with E-state index in [2.05, 4.69) is 5.32 Å². The number of nitro groups is 1. The van der Waals surface area contributed by atoms with Crippen LogP contribution in [0.1, 0.15) is 48.3 Å². The fourth-order valence-electron chi connectivity index (χ4n) is 3.20. The molecule has 29 heavy (non-hydrogen) atoms. The Labute approximate surface area is 168 Å². The van der Waals surface area contributed by atoms with Gasteiger partial charge < -0.3 is 14.8 Å². The summed E-state index contributed by atoms with van der Waals surface area (Å²) in [6.45, 7) is 5.30. The van der Waals surface area contributed by atoms with E-state index in [0.717, 1.165) is 11.1 Å². The minimum Gasteiger partial charge on any atom is -0.456 e. The highest BCUT2D eigenvalue weighted by atomic mass is 16.6. The second kappa shape index (κ2) is 7.90. The zero-order valence-corrected chi connectivity index (χ0v) is 16.4. The van der Waals surface area contributed by atoms with Crippen LogP contribution in [0.3, 0.4) is 0 Å². The third-order valence-corrected chi connectivity index (χ3v) is 4.43. The van der Waals surface area contributed by atoms with Crippen LogP contribution in [0.5, 0.6) is 0 Å². The molecule has 0 bridgehead atoms. The summed E-state index contributed by atoms with van der Waals surface area (Å²) in [6, 6.07) is 12.1. The molecule has 152 valence electrons. The van der Waals surface area contributed by atoms with Crippen molar-refractivity contribution in [2.75, 3.05) is 0 Å². The molecule has 1 aliphatic carbocycles.